The minimum atomic E-state index is 0.705. The summed E-state index contributed by atoms with van der Waals surface area (Å²) in [5.41, 5.74) is 1.40. The van der Waals surface area contributed by atoms with E-state index in [0.29, 0.717) is 5.88 Å². The summed E-state index contributed by atoms with van der Waals surface area (Å²) in [6.45, 7) is 4.27. The summed E-state index contributed by atoms with van der Waals surface area (Å²) in [6, 6.07) is 14.5. The van der Waals surface area contributed by atoms with Crippen LogP contribution in [0.1, 0.15) is 29.6 Å². The van der Waals surface area contributed by atoms with Crippen molar-refractivity contribution >= 4 is 32.3 Å². The lowest BCUT2D eigenvalue weighted by molar-refractivity contribution is 0.470. The van der Waals surface area contributed by atoms with Crippen LogP contribution in [0.15, 0.2) is 42.5 Å². The van der Waals surface area contributed by atoms with E-state index >= 15 is 0 Å². The molecule has 2 aromatic heterocycles. The molecule has 130 valence electrons. The second-order valence-corrected chi connectivity index (χ2v) is 8.27. The normalized spacial score (nSPS) is 16.8. The van der Waals surface area contributed by atoms with E-state index in [9.17, 15) is 0 Å². The van der Waals surface area contributed by atoms with E-state index < -0.39 is 0 Å². The highest BCUT2D eigenvalue weighted by molar-refractivity contribution is 7.18. The molecule has 0 fully saturated rings. The van der Waals surface area contributed by atoms with Crippen molar-refractivity contribution in [2.24, 2.45) is 5.92 Å². The molecule has 1 aliphatic rings. The molecule has 2 aromatic carbocycles. The van der Waals surface area contributed by atoms with Gasteiger partial charge in [0.25, 0.3) is 0 Å². The van der Waals surface area contributed by atoms with Crippen molar-refractivity contribution in [2.45, 2.75) is 33.1 Å². The Morgan fingerprint density at radius 2 is 1.92 bits per heavy atom. The quantitative estimate of drug-likeness (QED) is 0.435. The highest BCUT2D eigenvalue weighted by atomic mass is 32.1. The Labute approximate surface area is 156 Å². The van der Waals surface area contributed by atoms with Gasteiger partial charge in [-0.1, -0.05) is 43.3 Å². The van der Waals surface area contributed by atoms with Gasteiger partial charge in [-0.25, -0.2) is 4.98 Å². The summed E-state index contributed by atoms with van der Waals surface area (Å²) in [5, 5.41) is 3.40. The van der Waals surface area contributed by atoms with Crippen molar-refractivity contribution in [3.05, 3.63) is 58.7 Å². The molecule has 0 spiro atoms. The lowest BCUT2D eigenvalue weighted by Crippen LogP contribution is -2.08. The van der Waals surface area contributed by atoms with E-state index in [4.69, 9.17) is 9.72 Å². The van der Waals surface area contributed by atoms with E-state index in [1.54, 1.807) is 0 Å². The number of aryl methyl sites for hydroxylation is 2. The molecule has 0 amide bonds. The van der Waals surface area contributed by atoms with Crippen molar-refractivity contribution in [1.82, 2.24) is 9.97 Å². The average molecular weight is 360 g/mol. The molecule has 2 heterocycles. The standard InChI is InChI=1S/C22H20N2OS/c1-13-10-11-17-19(12-13)26-22-20(17)21(23-14(2)24-22)25-18-9-5-7-15-6-3-4-8-16(15)18/h3-9,13H,10-12H2,1-2H3/t13-/m0/s1. The molecule has 0 bridgehead atoms. The van der Waals surface area contributed by atoms with Crippen LogP contribution < -0.4 is 4.74 Å². The molecule has 26 heavy (non-hydrogen) atoms. The van der Waals surface area contributed by atoms with Crippen LogP contribution in [0.2, 0.25) is 0 Å². The zero-order chi connectivity index (χ0) is 17.7. The molecule has 4 aromatic rings. The first-order valence-electron chi connectivity index (χ1n) is 9.13. The summed E-state index contributed by atoms with van der Waals surface area (Å²) < 4.78 is 6.39. The maximum Gasteiger partial charge on any atom is 0.231 e. The smallest absolute Gasteiger partial charge is 0.231 e. The Balaban J connectivity index is 1.69. The van der Waals surface area contributed by atoms with Gasteiger partial charge in [0, 0.05) is 10.3 Å². The molecular formula is C22H20N2OS. The molecule has 5 rings (SSSR count). The number of rotatable bonds is 2. The molecule has 1 atom stereocenters. The lowest BCUT2D eigenvalue weighted by atomic mass is 9.89. The molecule has 0 saturated heterocycles. The minimum absolute atomic E-state index is 0.705. The summed E-state index contributed by atoms with van der Waals surface area (Å²) >= 11 is 1.81. The minimum Gasteiger partial charge on any atom is -0.438 e. The number of hydrogen-bond acceptors (Lipinski definition) is 4. The van der Waals surface area contributed by atoms with Gasteiger partial charge < -0.3 is 4.74 Å². The monoisotopic (exact) mass is 360 g/mol. The highest BCUT2D eigenvalue weighted by Gasteiger charge is 2.24. The first-order valence-corrected chi connectivity index (χ1v) is 9.95. The lowest BCUT2D eigenvalue weighted by Gasteiger charge is -2.18. The molecule has 0 saturated carbocycles. The van der Waals surface area contributed by atoms with Crippen LogP contribution >= 0.6 is 11.3 Å². The number of hydrogen-bond donors (Lipinski definition) is 0. The predicted octanol–water partition coefficient (Wildman–Crippen LogP) is 6.07. The zero-order valence-electron chi connectivity index (χ0n) is 15.0. The van der Waals surface area contributed by atoms with E-state index in [2.05, 4.69) is 36.2 Å². The largest absolute Gasteiger partial charge is 0.438 e. The predicted molar refractivity (Wildman–Crippen MR) is 107 cm³/mol. The SMILES string of the molecule is Cc1nc(Oc2cccc3ccccc23)c2c3c(sc2n1)C[C@@H](C)CC3. The van der Waals surface area contributed by atoms with Crippen LogP contribution in [0.25, 0.3) is 21.0 Å². The first-order chi connectivity index (χ1) is 12.7. The van der Waals surface area contributed by atoms with Crippen LogP contribution in [0, 0.1) is 12.8 Å². The Morgan fingerprint density at radius 3 is 2.85 bits per heavy atom. The third-order valence-electron chi connectivity index (χ3n) is 5.19. The van der Waals surface area contributed by atoms with Gasteiger partial charge in [-0.2, -0.15) is 4.98 Å². The number of fused-ring (bicyclic) bond motifs is 4. The summed E-state index contributed by atoms with van der Waals surface area (Å²) in [4.78, 5) is 11.9. The second-order valence-electron chi connectivity index (χ2n) is 7.19. The van der Waals surface area contributed by atoms with Crippen molar-refractivity contribution in [3.8, 4) is 11.6 Å². The molecule has 3 nitrogen and oxygen atoms in total. The van der Waals surface area contributed by atoms with E-state index in [-0.39, 0.29) is 0 Å². The van der Waals surface area contributed by atoms with Gasteiger partial charge in [0.15, 0.2) is 0 Å². The number of nitrogens with zero attached hydrogens (tertiary/aromatic N) is 2. The van der Waals surface area contributed by atoms with Crippen LogP contribution in [0.3, 0.4) is 0 Å². The van der Waals surface area contributed by atoms with E-state index in [1.165, 1.54) is 22.2 Å². The maximum absolute atomic E-state index is 6.39. The maximum atomic E-state index is 6.39. The van der Waals surface area contributed by atoms with Crippen LogP contribution in [-0.2, 0) is 12.8 Å². The topological polar surface area (TPSA) is 35.0 Å². The van der Waals surface area contributed by atoms with Gasteiger partial charge in [-0.05, 0) is 49.1 Å². The molecule has 0 aliphatic heterocycles. The van der Waals surface area contributed by atoms with Crippen molar-refractivity contribution < 1.29 is 4.74 Å². The number of benzene rings is 2. The van der Waals surface area contributed by atoms with E-state index in [1.807, 2.05) is 36.5 Å². The number of thiophene rings is 1. The van der Waals surface area contributed by atoms with Crippen molar-refractivity contribution in [2.75, 3.05) is 0 Å². The van der Waals surface area contributed by atoms with Crippen LogP contribution in [-0.4, -0.2) is 9.97 Å². The van der Waals surface area contributed by atoms with Crippen LogP contribution in [0.5, 0.6) is 11.6 Å². The zero-order valence-corrected chi connectivity index (χ0v) is 15.8. The first kappa shape index (κ1) is 15.8. The molecule has 0 radical (unpaired) electrons. The highest BCUT2D eigenvalue weighted by Crippen LogP contribution is 2.42. The summed E-state index contributed by atoms with van der Waals surface area (Å²) in [7, 11) is 0. The fourth-order valence-electron chi connectivity index (χ4n) is 3.87. The van der Waals surface area contributed by atoms with E-state index in [0.717, 1.165) is 45.9 Å². The number of ether oxygens (including phenoxy) is 1. The van der Waals surface area contributed by atoms with Gasteiger partial charge in [0.1, 0.15) is 16.4 Å². The average Bonchev–Trinajstić information content (AvgIpc) is 2.99. The fraction of sp³-hybridized carbons (Fsp3) is 0.273. The van der Waals surface area contributed by atoms with Crippen molar-refractivity contribution in [3.63, 3.8) is 0 Å². The van der Waals surface area contributed by atoms with Gasteiger partial charge in [-0.15, -0.1) is 11.3 Å². The third-order valence-corrected chi connectivity index (χ3v) is 6.34. The molecule has 1 aliphatic carbocycles. The number of aromatic nitrogens is 2. The van der Waals surface area contributed by atoms with Crippen molar-refractivity contribution in [1.29, 1.82) is 0 Å². The van der Waals surface area contributed by atoms with Crippen LogP contribution in [0.4, 0.5) is 0 Å². The van der Waals surface area contributed by atoms with Gasteiger partial charge in [-0.3, -0.25) is 0 Å². The molecule has 0 unspecified atom stereocenters. The Kier molecular flexibility index (Phi) is 3.68. The summed E-state index contributed by atoms with van der Waals surface area (Å²) in [6.07, 6.45) is 3.46. The Morgan fingerprint density at radius 1 is 1.08 bits per heavy atom. The molecule has 0 N–H and O–H groups in total. The Hall–Kier alpha value is -2.46. The molecular weight excluding hydrogens is 340 g/mol. The van der Waals surface area contributed by atoms with Gasteiger partial charge in [0.05, 0.1) is 5.39 Å². The summed E-state index contributed by atoms with van der Waals surface area (Å²) in [5.74, 6) is 3.06. The third kappa shape index (κ3) is 2.56. The van der Waals surface area contributed by atoms with Gasteiger partial charge >= 0.3 is 0 Å². The fourth-order valence-corrected chi connectivity index (χ4v) is 5.29. The van der Waals surface area contributed by atoms with Gasteiger partial charge in [0.2, 0.25) is 5.88 Å². The molecule has 4 heteroatoms. The Bertz CT molecular complexity index is 1130. The second kappa shape index (κ2) is 6.06.